The maximum Gasteiger partial charge on any atom is 0.119 e. The van der Waals surface area contributed by atoms with Crippen LogP contribution in [0.5, 0.6) is 5.75 Å². The van der Waals surface area contributed by atoms with E-state index in [1.54, 1.807) is 0 Å². The second-order valence-electron chi connectivity index (χ2n) is 3.77. The van der Waals surface area contributed by atoms with Crippen LogP contribution in [0, 0.1) is 0 Å². The van der Waals surface area contributed by atoms with Gasteiger partial charge >= 0.3 is 0 Å². The second-order valence-corrected chi connectivity index (χ2v) is 3.77. The number of aliphatic hydroxyl groups is 1. The van der Waals surface area contributed by atoms with Crippen molar-refractivity contribution in [2.75, 3.05) is 25.1 Å². The quantitative estimate of drug-likeness (QED) is 0.793. The molecule has 3 nitrogen and oxygen atoms in total. The van der Waals surface area contributed by atoms with E-state index in [1.807, 2.05) is 13.0 Å². The van der Waals surface area contributed by atoms with E-state index in [1.165, 1.54) is 11.3 Å². The van der Waals surface area contributed by atoms with Gasteiger partial charge in [0.15, 0.2) is 0 Å². The normalized spacial score (nSPS) is 18.4. The van der Waals surface area contributed by atoms with Gasteiger partial charge in [0, 0.05) is 24.8 Å². The highest BCUT2D eigenvalue weighted by Crippen LogP contribution is 2.35. The fraction of sp³-hybridized carbons (Fsp3) is 0.500. The Balaban J connectivity index is 2.21. The fourth-order valence-corrected chi connectivity index (χ4v) is 2.05. The second kappa shape index (κ2) is 4.53. The highest BCUT2D eigenvalue weighted by molar-refractivity contribution is 5.60. The molecule has 2 N–H and O–H groups in total. The summed E-state index contributed by atoms with van der Waals surface area (Å²) in [6, 6.07) is 6.12. The van der Waals surface area contributed by atoms with Crippen LogP contribution in [0.15, 0.2) is 18.2 Å². The Morgan fingerprint density at radius 1 is 1.53 bits per heavy atom. The summed E-state index contributed by atoms with van der Waals surface area (Å²) in [5.74, 6) is 1.34. The number of rotatable bonds is 4. The molecule has 0 radical (unpaired) electrons. The van der Waals surface area contributed by atoms with E-state index in [0.717, 1.165) is 18.7 Å². The summed E-state index contributed by atoms with van der Waals surface area (Å²) < 4.78 is 5.47. The number of ether oxygens (including phenoxy) is 1. The molecule has 0 saturated carbocycles. The van der Waals surface area contributed by atoms with Crippen LogP contribution < -0.4 is 10.1 Å². The van der Waals surface area contributed by atoms with Crippen molar-refractivity contribution in [3.63, 3.8) is 0 Å². The first-order valence-corrected chi connectivity index (χ1v) is 5.46. The molecule has 1 unspecified atom stereocenters. The number of hydrogen-bond acceptors (Lipinski definition) is 3. The number of anilines is 1. The van der Waals surface area contributed by atoms with Crippen molar-refractivity contribution in [2.24, 2.45) is 0 Å². The summed E-state index contributed by atoms with van der Waals surface area (Å²) in [6.45, 7) is 3.84. The van der Waals surface area contributed by atoms with Crippen molar-refractivity contribution in [2.45, 2.75) is 19.3 Å². The predicted molar refractivity (Wildman–Crippen MR) is 60.5 cm³/mol. The molecule has 1 aliphatic rings. The van der Waals surface area contributed by atoms with Crippen molar-refractivity contribution < 1.29 is 9.84 Å². The number of nitrogens with one attached hydrogen (secondary N) is 1. The van der Waals surface area contributed by atoms with Crippen molar-refractivity contribution in [3.8, 4) is 5.75 Å². The van der Waals surface area contributed by atoms with Gasteiger partial charge in [-0.15, -0.1) is 0 Å². The van der Waals surface area contributed by atoms with Crippen LogP contribution in [-0.4, -0.2) is 24.9 Å². The van der Waals surface area contributed by atoms with E-state index in [9.17, 15) is 0 Å². The number of fused-ring (bicyclic) bond motifs is 1. The van der Waals surface area contributed by atoms with E-state index in [2.05, 4.69) is 17.4 Å². The molecule has 0 aromatic heterocycles. The molecule has 0 aliphatic carbocycles. The zero-order valence-electron chi connectivity index (χ0n) is 8.99. The van der Waals surface area contributed by atoms with Crippen LogP contribution in [-0.2, 0) is 0 Å². The van der Waals surface area contributed by atoms with Gasteiger partial charge in [0.05, 0.1) is 6.61 Å². The number of hydrogen-bond donors (Lipinski definition) is 2. The Labute approximate surface area is 90.1 Å². The Morgan fingerprint density at radius 3 is 3.13 bits per heavy atom. The zero-order chi connectivity index (χ0) is 10.7. The van der Waals surface area contributed by atoms with Gasteiger partial charge in [-0.2, -0.15) is 0 Å². The average molecular weight is 207 g/mol. The van der Waals surface area contributed by atoms with Gasteiger partial charge in [-0.25, -0.2) is 0 Å². The van der Waals surface area contributed by atoms with Crippen LogP contribution in [0.1, 0.15) is 24.8 Å². The van der Waals surface area contributed by atoms with Gasteiger partial charge in [0.1, 0.15) is 5.75 Å². The molecule has 15 heavy (non-hydrogen) atoms. The molecule has 2 rings (SSSR count). The van der Waals surface area contributed by atoms with E-state index in [-0.39, 0.29) is 6.61 Å². The molecule has 1 heterocycles. The van der Waals surface area contributed by atoms with Crippen LogP contribution in [0.4, 0.5) is 5.69 Å². The minimum Gasteiger partial charge on any atom is -0.494 e. The molecular formula is C12H17NO2. The Kier molecular flexibility index (Phi) is 3.11. The highest BCUT2D eigenvalue weighted by Gasteiger charge is 2.21. The first-order valence-electron chi connectivity index (χ1n) is 5.46. The van der Waals surface area contributed by atoms with Gasteiger partial charge < -0.3 is 15.2 Å². The standard InChI is InChI=1S/C12H17NO2/c1-2-15-10-3-4-12-11(7-10)9(5-6-14)8-13-12/h3-4,7,9,13-14H,2,5-6,8H2,1H3. The molecule has 0 fully saturated rings. The first kappa shape index (κ1) is 10.3. The van der Waals surface area contributed by atoms with Gasteiger partial charge in [0.2, 0.25) is 0 Å². The highest BCUT2D eigenvalue weighted by atomic mass is 16.5. The molecular weight excluding hydrogens is 190 g/mol. The lowest BCUT2D eigenvalue weighted by atomic mass is 9.98. The molecule has 0 bridgehead atoms. The average Bonchev–Trinajstić information content (AvgIpc) is 2.63. The van der Waals surface area contributed by atoms with Gasteiger partial charge in [-0.05, 0) is 37.1 Å². The molecule has 0 amide bonds. The monoisotopic (exact) mass is 207 g/mol. The summed E-state index contributed by atoms with van der Waals surface area (Å²) in [5.41, 5.74) is 2.45. The fourth-order valence-electron chi connectivity index (χ4n) is 2.05. The SMILES string of the molecule is CCOc1ccc2c(c1)C(CCO)CN2. The Hall–Kier alpha value is -1.22. The lowest BCUT2D eigenvalue weighted by molar-refractivity contribution is 0.278. The smallest absolute Gasteiger partial charge is 0.119 e. The topological polar surface area (TPSA) is 41.5 Å². The zero-order valence-corrected chi connectivity index (χ0v) is 8.99. The van der Waals surface area contributed by atoms with Crippen molar-refractivity contribution in [1.29, 1.82) is 0 Å². The largest absolute Gasteiger partial charge is 0.494 e. The summed E-state index contributed by atoms with van der Waals surface area (Å²) >= 11 is 0. The maximum absolute atomic E-state index is 8.97. The summed E-state index contributed by atoms with van der Waals surface area (Å²) in [5, 5.41) is 12.3. The Morgan fingerprint density at radius 2 is 2.40 bits per heavy atom. The van der Waals surface area contributed by atoms with Gasteiger partial charge in [-0.1, -0.05) is 0 Å². The summed E-state index contributed by atoms with van der Waals surface area (Å²) in [6.07, 6.45) is 0.815. The number of aliphatic hydroxyl groups excluding tert-OH is 1. The first-order chi connectivity index (χ1) is 7.35. The Bertz CT molecular complexity index is 336. The molecule has 3 heteroatoms. The molecule has 0 saturated heterocycles. The van der Waals surface area contributed by atoms with E-state index in [0.29, 0.717) is 12.5 Å². The molecule has 1 atom stereocenters. The minimum absolute atomic E-state index is 0.241. The molecule has 82 valence electrons. The summed E-state index contributed by atoms with van der Waals surface area (Å²) in [4.78, 5) is 0. The van der Waals surface area contributed by atoms with Gasteiger partial charge in [-0.3, -0.25) is 0 Å². The molecule has 1 aliphatic heterocycles. The van der Waals surface area contributed by atoms with Crippen molar-refractivity contribution in [1.82, 2.24) is 0 Å². The third-order valence-corrected chi connectivity index (χ3v) is 2.79. The molecule has 1 aromatic rings. The van der Waals surface area contributed by atoms with Crippen molar-refractivity contribution in [3.05, 3.63) is 23.8 Å². The van der Waals surface area contributed by atoms with Crippen LogP contribution in [0.25, 0.3) is 0 Å². The van der Waals surface area contributed by atoms with E-state index in [4.69, 9.17) is 9.84 Å². The lowest BCUT2D eigenvalue weighted by Crippen LogP contribution is -2.03. The van der Waals surface area contributed by atoms with Crippen LogP contribution >= 0.6 is 0 Å². The maximum atomic E-state index is 8.97. The third-order valence-electron chi connectivity index (χ3n) is 2.79. The molecule has 1 aromatic carbocycles. The van der Waals surface area contributed by atoms with Crippen LogP contribution in [0.3, 0.4) is 0 Å². The van der Waals surface area contributed by atoms with Crippen LogP contribution in [0.2, 0.25) is 0 Å². The van der Waals surface area contributed by atoms with Crippen molar-refractivity contribution >= 4 is 5.69 Å². The number of benzene rings is 1. The summed E-state index contributed by atoms with van der Waals surface area (Å²) in [7, 11) is 0. The van der Waals surface area contributed by atoms with Gasteiger partial charge in [0.25, 0.3) is 0 Å². The van der Waals surface area contributed by atoms with E-state index >= 15 is 0 Å². The third kappa shape index (κ3) is 2.07. The molecule has 0 spiro atoms. The predicted octanol–water partition coefficient (Wildman–Crippen LogP) is 1.98. The lowest BCUT2D eigenvalue weighted by Gasteiger charge is -2.09. The minimum atomic E-state index is 0.241. The van der Waals surface area contributed by atoms with E-state index < -0.39 is 0 Å².